The van der Waals surface area contributed by atoms with Gasteiger partial charge in [0.2, 0.25) is 0 Å². The maximum absolute atomic E-state index is 13.0. The van der Waals surface area contributed by atoms with Crippen LogP contribution in [0.4, 0.5) is 0 Å². The van der Waals surface area contributed by atoms with Crippen molar-refractivity contribution in [3.63, 3.8) is 0 Å². The largest absolute Gasteiger partial charge is 0.378 e. The summed E-state index contributed by atoms with van der Waals surface area (Å²) in [6, 6.07) is 42.1. The van der Waals surface area contributed by atoms with Gasteiger partial charge >= 0.3 is 5.97 Å². The van der Waals surface area contributed by atoms with Crippen LogP contribution in [0.5, 0.6) is 0 Å². The van der Waals surface area contributed by atoms with Crippen LogP contribution in [-0.4, -0.2) is 38.1 Å². The van der Waals surface area contributed by atoms with E-state index in [-0.39, 0.29) is 12.5 Å². The number of fused-ring (bicyclic) bond motifs is 1. The molecule has 48 heavy (non-hydrogen) atoms. The van der Waals surface area contributed by atoms with Crippen molar-refractivity contribution in [3.05, 3.63) is 173 Å². The summed E-state index contributed by atoms with van der Waals surface area (Å²) in [5.41, 5.74) is 2.60. The number of hydrogen-bond donors (Lipinski definition) is 1. The number of carbonyl (C=O) groups excluding carboxylic acids is 2. The Morgan fingerprint density at radius 1 is 0.771 bits per heavy atom. The van der Waals surface area contributed by atoms with Gasteiger partial charge in [-0.2, -0.15) is 5.06 Å². The second-order valence-electron chi connectivity index (χ2n) is 12.3. The summed E-state index contributed by atoms with van der Waals surface area (Å²) in [5.74, 6) is -1.19. The minimum absolute atomic E-state index is 0.226. The van der Waals surface area contributed by atoms with Crippen molar-refractivity contribution in [2.24, 2.45) is 5.92 Å². The van der Waals surface area contributed by atoms with Crippen molar-refractivity contribution < 1.29 is 19.5 Å². The van der Waals surface area contributed by atoms with Crippen LogP contribution in [0.3, 0.4) is 0 Å². The van der Waals surface area contributed by atoms with Crippen molar-refractivity contribution in [1.82, 2.24) is 14.6 Å². The van der Waals surface area contributed by atoms with Gasteiger partial charge in [-0.1, -0.05) is 123 Å². The average molecular weight is 638 g/mol. The molecule has 0 fully saturated rings. The fourth-order valence-corrected chi connectivity index (χ4v) is 6.63. The minimum Gasteiger partial charge on any atom is -0.378 e. The lowest BCUT2D eigenvalue weighted by Gasteiger charge is -2.37. The Hall–Kier alpha value is -5.53. The number of hydroxylamine groups is 2. The van der Waals surface area contributed by atoms with Crippen molar-refractivity contribution in [3.8, 4) is 0 Å². The van der Waals surface area contributed by atoms with Gasteiger partial charge in [-0.15, -0.1) is 0 Å². The number of nitrogens with zero attached hydrogens (tertiary/aromatic N) is 3. The number of hydrogen-bond acceptors (Lipinski definition) is 5. The first-order valence-electron chi connectivity index (χ1n) is 16.2. The van der Waals surface area contributed by atoms with E-state index in [0.717, 1.165) is 32.5 Å². The van der Waals surface area contributed by atoms with E-state index >= 15 is 0 Å². The number of aromatic nitrogens is 2. The monoisotopic (exact) mass is 637 g/mol. The van der Waals surface area contributed by atoms with Gasteiger partial charge in [-0.05, 0) is 64.1 Å². The highest BCUT2D eigenvalue weighted by atomic mass is 16.7. The maximum atomic E-state index is 13.0. The molecular weight excluding hydrogens is 598 g/mol. The van der Waals surface area contributed by atoms with Gasteiger partial charge < -0.3 is 14.5 Å². The lowest BCUT2D eigenvalue weighted by molar-refractivity contribution is -0.174. The summed E-state index contributed by atoms with van der Waals surface area (Å²) < 4.78 is 2.11. The summed E-state index contributed by atoms with van der Waals surface area (Å²) in [5, 5.41) is 15.3. The van der Waals surface area contributed by atoms with Gasteiger partial charge in [-0.3, -0.25) is 9.59 Å². The highest BCUT2D eigenvalue weighted by Crippen LogP contribution is 2.43. The average Bonchev–Trinajstić information content (AvgIpc) is 3.62. The van der Waals surface area contributed by atoms with Gasteiger partial charge in [0.25, 0.3) is 5.91 Å². The quantitative estimate of drug-likeness (QED) is 0.130. The Morgan fingerprint density at radius 2 is 1.29 bits per heavy atom. The van der Waals surface area contributed by atoms with E-state index in [1.54, 1.807) is 19.1 Å². The number of imidazole rings is 1. The molecule has 0 aliphatic rings. The first kappa shape index (κ1) is 32.4. The summed E-state index contributed by atoms with van der Waals surface area (Å²) in [7, 11) is 0. The molecule has 0 radical (unpaired) electrons. The molecule has 6 aromatic rings. The molecule has 0 aliphatic heterocycles. The molecule has 0 saturated carbocycles. The summed E-state index contributed by atoms with van der Waals surface area (Å²) in [6.45, 7) is 7.20. The molecule has 0 bridgehead atoms. The normalized spacial score (nSPS) is 12.9. The van der Waals surface area contributed by atoms with Gasteiger partial charge in [0.1, 0.15) is 11.1 Å². The molecule has 242 valence electrons. The Labute approximate surface area is 281 Å². The molecule has 1 atom stereocenters. The van der Waals surface area contributed by atoms with Crippen LogP contribution in [0.2, 0.25) is 0 Å². The van der Waals surface area contributed by atoms with Crippen LogP contribution in [0.1, 0.15) is 66.0 Å². The Balaban J connectivity index is 1.47. The first-order valence-corrected chi connectivity index (χ1v) is 16.2. The molecule has 1 amide bonds. The Kier molecular flexibility index (Phi) is 8.98. The van der Waals surface area contributed by atoms with Gasteiger partial charge in [0, 0.05) is 18.7 Å². The van der Waals surface area contributed by atoms with E-state index in [9.17, 15) is 14.7 Å². The van der Waals surface area contributed by atoms with Crippen LogP contribution in [-0.2, 0) is 20.8 Å². The number of carbonyl (C=O) groups is 2. The molecule has 0 aliphatic carbocycles. The molecule has 0 spiro atoms. The molecule has 1 heterocycles. The number of rotatable bonds is 9. The second-order valence-corrected chi connectivity index (χ2v) is 12.3. The SMILES string of the molecule is CCN(OC(C)=O)C(=O)c1ccc2cc(C(O)(c3cn(C(c4ccccc4)(c4ccccc4)c4ccccc4)cn3)C(C)C)ccc2c1. The highest BCUT2D eigenvalue weighted by Gasteiger charge is 2.42. The highest BCUT2D eigenvalue weighted by molar-refractivity contribution is 5.98. The summed E-state index contributed by atoms with van der Waals surface area (Å²) in [4.78, 5) is 34.5. The van der Waals surface area contributed by atoms with E-state index in [1.165, 1.54) is 6.92 Å². The predicted octanol–water partition coefficient (Wildman–Crippen LogP) is 7.71. The number of benzene rings is 5. The fourth-order valence-electron chi connectivity index (χ4n) is 6.63. The number of amides is 1. The zero-order valence-electron chi connectivity index (χ0n) is 27.6. The van der Waals surface area contributed by atoms with Crippen molar-refractivity contribution in [2.45, 2.75) is 38.8 Å². The molecule has 6 rings (SSSR count). The Bertz CT molecular complexity index is 1940. The maximum Gasteiger partial charge on any atom is 0.329 e. The van der Waals surface area contributed by atoms with Gasteiger partial charge in [-0.25, -0.2) is 4.98 Å². The third-order valence-corrected chi connectivity index (χ3v) is 9.05. The lowest BCUT2D eigenvalue weighted by Crippen LogP contribution is -2.37. The molecule has 7 heteroatoms. The van der Waals surface area contributed by atoms with Crippen LogP contribution in [0.15, 0.2) is 140 Å². The number of aliphatic hydroxyl groups is 1. The topological polar surface area (TPSA) is 84.7 Å². The molecule has 7 nitrogen and oxygen atoms in total. The van der Waals surface area contributed by atoms with Crippen LogP contribution in [0.25, 0.3) is 10.8 Å². The first-order chi connectivity index (χ1) is 23.2. The van der Waals surface area contributed by atoms with Crippen molar-refractivity contribution in [2.75, 3.05) is 6.54 Å². The van der Waals surface area contributed by atoms with Crippen molar-refractivity contribution >= 4 is 22.6 Å². The van der Waals surface area contributed by atoms with E-state index in [2.05, 4.69) is 41.0 Å². The molecular formula is C41H39N3O4. The van der Waals surface area contributed by atoms with Gasteiger partial charge in [0.05, 0.1) is 18.6 Å². The van der Waals surface area contributed by atoms with E-state index in [4.69, 9.17) is 9.82 Å². The molecule has 5 aromatic carbocycles. The minimum atomic E-state index is -1.43. The lowest BCUT2D eigenvalue weighted by atomic mass is 9.76. The molecule has 1 N–H and O–H groups in total. The standard InChI is InChI=1S/C41H39N3O4/c1-5-44(48-30(4)45)39(46)33-22-21-32-26-37(24-23-31(32)25-33)41(47,29(2)3)38-27-43(28-42-38)40(34-15-9-6-10-16-34,35-17-11-7-12-18-35)36-19-13-8-14-20-36/h6-29,47H,5H2,1-4H3. The van der Waals surface area contributed by atoms with E-state index in [0.29, 0.717) is 16.8 Å². The van der Waals surface area contributed by atoms with Crippen LogP contribution < -0.4 is 0 Å². The molecule has 1 unspecified atom stereocenters. The summed E-state index contributed by atoms with van der Waals surface area (Å²) in [6.07, 6.45) is 3.78. The van der Waals surface area contributed by atoms with Crippen LogP contribution in [0, 0.1) is 5.92 Å². The second kappa shape index (κ2) is 13.3. The predicted molar refractivity (Wildman–Crippen MR) is 187 cm³/mol. The van der Waals surface area contributed by atoms with Crippen LogP contribution >= 0.6 is 0 Å². The zero-order chi connectivity index (χ0) is 33.9. The zero-order valence-corrected chi connectivity index (χ0v) is 27.6. The Morgan fingerprint density at radius 3 is 1.79 bits per heavy atom. The van der Waals surface area contributed by atoms with Gasteiger partial charge in [0.15, 0.2) is 0 Å². The fraction of sp³-hybridized carbons (Fsp3) is 0.195. The smallest absolute Gasteiger partial charge is 0.329 e. The van der Waals surface area contributed by atoms with E-state index in [1.807, 2.05) is 105 Å². The third-order valence-electron chi connectivity index (χ3n) is 9.05. The molecule has 0 saturated heterocycles. The summed E-state index contributed by atoms with van der Waals surface area (Å²) >= 11 is 0. The third kappa shape index (κ3) is 5.67. The molecule has 1 aromatic heterocycles. The van der Waals surface area contributed by atoms with E-state index < -0.39 is 23.0 Å². The van der Waals surface area contributed by atoms with Crippen molar-refractivity contribution in [1.29, 1.82) is 0 Å².